The first-order valence-electron chi connectivity index (χ1n) is 9.36. The van der Waals surface area contributed by atoms with E-state index in [1.165, 1.54) is 4.88 Å². The van der Waals surface area contributed by atoms with Crippen molar-refractivity contribution in [2.24, 2.45) is 0 Å². The molecule has 0 spiro atoms. The van der Waals surface area contributed by atoms with Gasteiger partial charge in [-0.1, -0.05) is 23.7 Å². The molecule has 1 aliphatic rings. The second-order valence-electron chi connectivity index (χ2n) is 6.80. The number of rotatable bonds is 7. The lowest BCUT2D eigenvalue weighted by molar-refractivity contribution is 0.0546. The van der Waals surface area contributed by atoms with Gasteiger partial charge < -0.3 is 9.74 Å². The summed E-state index contributed by atoms with van der Waals surface area (Å²) in [4.78, 5) is 25.0. The average molecular weight is 420 g/mol. The van der Waals surface area contributed by atoms with Gasteiger partial charge in [0.15, 0.2) is 0 Å². The van der Waals surface area contributed by atoms with Gasteiger partial charge in [0.05, 0.1) is 9.72 Å². The van der Waals surface area contributed by atoms with Gasteiger partial charge in [-0.05, 0) is 40.7 Å². The van der Waals surface area contributed by atoms with Crippen LogP contribution in [-0.4, -0.2) is 64.3 Å². The van der Waals surface area contributed by atoms with Gasteiger partial charge in [-0.25, -0.2) is 0 Å². The number of aromatic nitrogens is 3. The molecule has 3 aromatic rings. The Balaban J connectivity index is 1.19. The van der Waals surface area contributed by atoms with Gasteiger partial charge in [-0.15, -0.1) is 16.4 Å². The summed E-state index contributed by atoms with van der Waals surface area (Å²) in [6.07, 6.45) is 0.835. The molecular formula is C19H22ClN5O2S. The molecule has 148 valence electrons. The van der Waals surface area contributed by atoms with Crippen molar-refractivity contribution in [3.8, 4) is 0 Å². The lowest BCUT2D eigenvalue weighted by Crippen LogP contribution is -2.46. The topological polar surface area (TPSA) is 63.5 Å². The van der Waals surface area contributed by atoms with Crippen LogP contribution in [0.3, 0.4) is 0 Å². The summed E-state index contributed by atoms with van der Waals surface area (Å²) in [5.41, 5.74) is 0.308. The second-order valence-corrected chi connectivity index (χ2v) is 8.59. The van der Waals surface area contributed by atoms with E-state index in [1.54, 1.807) is 23.5 Å². The van der Waals surface area contributed by atoms with E-state index in [0.29, 0.717) is 17.5 Å². The van der Waals surface area contributed by atoms with Crippen LogP contribution in [0.4, 0.5) is 0 Å². The molecule has 2 aromatic heterocycles. The molecule has 1 saturated heterocycles. The zero-order valence-electron chi connectivity index (χ0n) is 15.5. The van der Waals surface area contributed by atoms with Gasteiger partial charge in [-0.2, -0.15) is 0 Å². The molecule has 28 heavy (non-hydrogen) atoms. The van der Waals surface area contributed by atoms with Gasteiger partial charge in [0.25, 0.3) is 0 Å². The van der Waals surface area contributed by atoms with Crippen molar-refractivity contribution in [2.75, 3.05) is 39.3 Å². The maximum absolute atomic E-state index is 12.3. The number of thiophene rings is 1. The van der Waals surface area contributed by atoms with E-state index < -0.39 is 0 Å². The highest BCUT2D eigenvalue weighted by Crippen LogP contribution is 2.23. The van der Waals surface area contributed by atoms with E-state index in [1.807, 2.05) is 18.2 Å². The molecule has 0 radical (unpaired) electrons. The van der Waals surface area contributed by atoms with Crippen LogP contribution in [-0.2, 0) is 6.54 Å². The molecule has 0 bridgehead atoms. The van der Waals surface area contributed by atoms with Crippen LogP contribution in [0.15, 0.2) is 41.2 Å². The highest BCUT2D eigenvalue weighted by molar-refractivity contribution is 7.16. The van der Waals surface area contributed by atoms with Crippen LogP contribution in [0, 0.1) is 0 Å². The fourth-order valence-corrected chi connectivity index (χ4v) is 4.46. The van der Waals surface area contributed by atoms with Crippen LogP contribution < -0.4 is 10.4 Å². The van der Waals surface area contributed by atoms with E-state index >= 15 is 0 Å². The molecule has 0 unspecified atom stereocenters. The quantitative estimate of drug-likeness (QED) is 0.547. The van der Waals surface area contributed by atoms with E-state index in [2.05, 4.69) is 26.2 Å². The monoisotopic (exact) mass is 419 g/mol. The van der Waals surface area contributed by atoms with E-state index in [-0.39, 0.29) is 5.56 Å². The first kappa shape index (κ1) is 19.3. The summed E-state index contributed by atoms with van der Waals surface area (Å²) in [7, 11) is 0. The lowest BCUT2D eigenvalue weighted by atomic mass is 10.2. The van der Waals surface area contributed by atoms with Gasteiger partial charge in [0.2, 0.25) is 0 Å². The summed E-state index contributed by atoms with van der Waals surface area (Å²) < 4.78 is 0.851. The Hall–Kier alpha value is -2.00. The average Bonchev–Trinajstić information content (AvgIpc) is 3.13. The Bertz CT molecular complexity index is 984. The fourth-order valence-electron chi connectivity index (χ4n) is 3.33. The first-order valence-corrected chi connectivity index (χ1v) is 10.6. The summed E-state index contributed by atoms with van der Waals surface area (Å²) in [5, 5.41) is 8.38. The maximum atomic E-state index is 12.3. The van der Waals surface area contributed by atoms with Gasteiger partial charge >= 0.3 is 5.56 Å². The number of hydrogen-bond donors (Lipinski definition) is 0. The number of hydrogen-bond acceptors (Lipinski definition) is 7. The largest absolute Gasteiger partial charge is 0.392 e. The molecule has 1 aliphatic heterocycles. The van der Waals surface area contributed by atoms with Crippen molar-refractivity contribution in [2.45, 2.75) is 13.0 Å². The summed E-state index contributed by atoms with van der Waals surface area (Å²) in [6.45, 7) is 6.51. The second kappa shape index (κ2) is 9.00. The van der Waals surface area contributed by atoms with Gasteiger partial charge in [0, 0.05) is 44.1 Å². The molecule has 4 rings (SSSR count). The molecule has 1 fully saturated rings. The minimum Gasteiger partial charge on any atom is -0.392 e. The van der Waals surface area contributed by atoms with Gasteiger partial charge in [-0.3, -0.25) is 9.69 Å². The maximum Gasteiger partial charge on any atom is 0.314 e. The molecule has 1 aromatic carbocycles. The Morgan fingerprint density at radius 3 is 2.64 bits per heavy atom. The number of piperazine rings is 1. The molecule has 0 aliphatic carbocycles. The van der Waals surface area contributed by atoms with Crippen molar-refractivity contribution < 1.29 is 4.84 Å². The number of fused-ring (bicyclic) bond motifs is 1. The SMILES string of the molecule is O=c1c2ccccc2nnn1OCCCN1CCN(Cc2ccc(Cl)s2)CC1. The molecule has 0 N–H and O–H groups in total. The highest BCUT2D eigenvalue weighted by atomic mass is 35.5. The Morgan fingerprint density at radius 1 is 1.07 bits per heavy atom. The third kappa shape index (κ3) is 4.70. The van der Waals surface area contributed by atoms with E-state index in [9.17, 15) is 4.79 Å². The van der Waals surface area contributed by atoms with Crippen molar-refractivity contribution in [3.63, 3.8) is 0 Å². The molecule has 0 atom stereocenters. The van der Waals surface area contributed by atoms with Gasteiger partial charge in [0.1, 0.15) is 12.1 Å². The number of halogens is 1. The standard InChI is InChI=1S/C19H22ClN5O2S/c20-18-7-6-15(28-18)14-24-11-9-23(10-12-24)8-3-13-27-25-19(26)16-4-1-2-5-17(16)21-22-25/h1-2,4-7H,3,8-14H2. The molecule has 7 nitrogen and oxygen atoms in total. The fraction of sp³-hybridized carbons (Fsp3) is 0.421. The summed E-state index contributed by atoms with van der Waals surface area (Å²) in [5.74, 6) is 0. The van der Waals surface area contributed by atoms with Crippen LogP contribution in [0.2, 0.25) is 4.34 Å². The number of nitrogens with zero attached hydrogens (tertiary/aromatic N) is 5. The van der Waals surface area contributed by atoms with Crippen LogP contribution >= 0.6 is 22.9 Å². The predicted octanol–water partition coefficient (Wildman–Crippen LogP) is 2.14. The van der Waals surface area contributed by atoms with E-state index in [4.69, 9.17) is 16.4 Å². The zero-order valence-corrected chi connectivity index (χ0v) is 17.0. The van der Waals surface area contributed by atoms with Crippen LogP contribution in [0.5, 0.6) is 0 Å². The Labute approximate surface area is 172 Å². The third-order valence-electron chi connectivity index (χ3n) is 4.85. The number of benzene rings is 1. The van der Waals surface area contributed by atoms with Crippen molar-refractivity contribution >= 4 is 33.8 Å². The molecule has 0 amide bonds. The minimum absolute atomic E-state index is 0.270. The Kier molecular flexibility index (Phi) is 6.21. The molecule has 0 saturated carbocycles. The minimum atomic E-state index is -0.270. The third-order valence-corrected chi connectivity index (χ3v) is 6.06. The van der Waals surface area contributed by atoms with Crippen LogP contribution in [0.25, 0.3) is 10.9 Å². The lowest BCUT2D eigenvalue weighted by Gasteiger charge is -2.34. The van der Waals surface area contributed by atoms with Crippen molar-refractivity contribution in [3.05, 3.63) is 56.0 Å². The molecular weight excluding hydrogens is 398 g/mol. The van der Waals surface area contributed by atoms with E-state index in [0.717, 1.165) is 54.9 Å². The molecule has 3 heterocycles. The summed E-state index contributed by atoms with van der Waals surface area (Å²) >= 11 is 7.66. The first-order chi connectivity index (χ1) is 13.7. The summed E-state index contributed by atoms with van der Waals surface area (Å²) in [6, 6.07) is 11.2. The zero-order chi connectivity index (χ0) is 19.3. The highest BCUT2D eigenvalue weighted by Gasteiger charge is 2.17. The molecule has 9 heteroatoms. The normalized spacial score (nSPS) is 15.9. The van der Waals surface area contributed by atoms with Crippen LogP contribution in [0.1, 0.15) is 11.3 Å². The smallest absolute Gasteiger partial charge is 0.314 e. The van der Waals surface area contributed by atoms with Crippen molar-refractivity contribution in [1.29, 1.82) is 0 Å². The Morgan fingerprint density at radius 2 is 1.86 bits per heavy atom. The predicted molar refractivity (Wildman–Crippen MR) is 111 cm³/mol. The van der Waals surface area contributed by atoms with Crippen molar-refractivity contribution in [1.82, 2.24) is 25.0 Å².